The lowest BCUT2D eigenvalue weighted by Crippen LogP contribution is -2.62. The third-order valence-electron chi connectivity index (χ3n) is 7.22. The number of dihydropyridines is 1. The second-order valence-corrected chi connectivity index (χ2v) is 16.4. The first-order valence-corrected chi connectivity index (χ1v) is 17.8. The zero-order chi connectivity index (χ0) is 33.9. The zero-order valence-corrected chi connectivity index (χ0v) is 27.5. The van der Waals surface area contributed by atoms with Crippen LogP contribution < -0.4 is 15.4 Å². The Morgan fingerprint density at radius 1 is 1.09 bits per heavy atom. The van der Waals surface area contributed by atoms with Gasteiger partial charge in [0.2, 0.25) is 10.0 Å². The van der Waals surface area contributed by atoms with E-state index in [2.05, 4.69) is 30.3 Å². The van der Waals surface area contributed by atoms with E-state index in [0.717, 1.165) is 18.4 Å². The minimum atomic E-state index is -4.61. The fourth-order valence-corrected chi connectivity index (χ4v) is 7.72. The molecule has 2 fully saturated rings. The summed E-state index contributed by atoms with van der Waals surface area (Å²) < 4.78 is 109. The number of allylic oxidation sites excluding steroid dienone is 1. The van der Waals surface area contributed by atoms with Crippen LogP contribution >= 0.6 is 11.6 Å². The van der Waals surface area contributed by atoms with Crippen molar-refractivity contribution < 1.29 is 34.4 Å². The maximum absolute atomic E-state index is 14.5. The van der Waals surface area contributed by atoms with Crippen LogP contribution in [0, 0.1) is 5.82 Å². The summed E-state index contributed by atoms with van der Waals surface area (Å²) in [4.78, 5) is 12.6. The molecule has 2 aliphatic heterocycles. The van der Waals surface area contributed by atoms with Crippen LogP contribution in [0.2, 0.25) is 5.02 Å². The first-order valence-electron chi connectivity index (χ1n) is 14.0. The number of sulfone groups is 1. The molecule has 3 N–H and O–H groups in total. The number of nitrogens with zero attached hydrogens (tertiary/aromatic N) is 3. The van der Waals surface area contributed by atoms with Gasteiger partial charge in [0.25, 0.3) is 0 Å². The summed E-state index contributed by atoms with van der Waals surface area (Å²) in [5.74, 6) is -0.903. The maximum atomic E-state index is 14.5. The van der Waals surface area contributed by atoms with E-state index in [4.69, 9.17) is 11.6 Å². The highest BCUT2D eigenvalue weighted by atomic mass is 35.5. The van der Waals surface area contributed by atoms with E-state index in [1.54, 1.807) is 39.0 Å². The van der Waals surface area contributed by atoms with Crippen LogP contribution in [0.5, 0.6) is 0 Å². The van der Waals surface area contributed by atoms with Crippen molar-refractivity contribution in [1.29, 1.82) is 0 Å². The quantitative estimate of drug-likeness (QED) is 0.368. The Morgan fingerprint density at radius 3 is 2.39 bits per heavy atom. The van der Waals surface area contributed by atoms with E-state index in [-0.39, 0.29) is 51.6 Å². The summed E-state index contributed by atoms with van der Waals surface area (Å²) in [7, 11) is -7.74. The average molecular weight is 703 g/mol. The molecule has 2 atom stereocenters. The minimum absolute atomic E-state index is 0.0166. The van der Waals surface area contributed by atoms with Gasteiger partial charge in [0, 0.05) is 17.4 Å². The molecule has 1 saturated heterocycles. The predicted octanol–water partition coefficient (Wildman–Crippen LogP) is 4.30. The number of guanidine groups is 1. The van der Waals surface area contributed by atoms with Crippen molar-refractivity contribution in [2.24, 2.45) is 15.0 Å². The van der Waals surface area contributed by atoms with Gasteiger partial charge in [-0.05, 0) is 75.6 Å². The van der Waals surface area contributed by atoms with E-state index in [0.29, 0.717) is 11.3 Å². The minimum Gasteiger partial charge on any atom is -0.347 e. The third kappa shape index (κ3) is 7.45. The Labute approximate surface area is 269 Å². The van der Waals surface area contributed by atoms with Crippen LogP contribution in [-0.2, 0) is 26.4 Å². The van der Waals surface area contributed by atoms with Crippen LogP contribution in [0.15, 0.2) is 73.3 Å². The van der Waals surface area contributed by atoms with Crippen molar-refractivity contribution in [3.8, 4) is 0 Å². The molecular formula is C29H31ClF4N6O4S2. The van der Waals surface area contributed by atoms with Gasteiger partial charge in [-0.15, -0.1) is 0 Å². The predicted molar refractivity (Wildman–Crippen MR) is 167 cm³/mol. The van der Waals surface area contributed by atoms with Gasteiger partial charge < -0.3 is 10.6 Å². The van der Waals surface area contributed by atoms with Gasteiger partial charge in [-0.1, -0.05) is 23.7 Å². The summed E-state index contributed by atoms with van der Waals surface area (Å²) in [5, 5.41) is 5.87. The topological polar surface area (TPSA) is 141 Å². The molecule has 2 aromatic rings. The van der Waals surface area contributed by atoms with Gasteiger partial charge in [-0.2, -0.15) is 13.2 Å². The normalized spacial score (nSPS) is 23.0. The van der Waals surface area contributed by atoms with Crippen LogP contribution in [0.1, 0.15) is 44.7 Å². The average Bonchev–Trinajstić information content (AvgIpc) is 3.71. The van der Waals surface area contributed by atoms with Gasteiger partial charge in [-0.3, -0.25) is 9.98 Å². The Morgan fingerprint density at radius 2 is 1.78 bits per heavy atom. The number of nitrogens with one attached hydrogen (secondary N) is 3. The second-order valence-electron chi connectivity index (χ2n) is 12.4. The van der Waals surface area contributed by atoms with Crippen molar-refractivity contribution in [1.82, 2.24) is 15.4 Å². The van der Waals surface area contributed by atoms with Crippen molar-refractivity contribution in [3.63, 3.8) is 0 Å². The van der Waals surface area contributed by atoms with E-state index in [1.807, 2.05) is 0 Å². The molecule has 0 bridgehead atoms. The molecular weight excluding hydrogens is 672 g/mol. The third-order valence-corrected chi connectivity index (χ3v) is 10.5. The maximum Gasteiger partial charge on any atom is 0.413 e. The molecule has 0 radical (unpaired) electrons. The van der Waals surface area contributed by atoms with E-state index < -0.39 is 55.0 Å². The van der Waals surface area contributed by atoms with Gasteiger partial charge in [0.15, 0.2) is 21.3 Å². The molecule has 248 valence electrons. The molecule has 5 rings (SSSR count). The summed E-state index contributed by atoms with van der Waals surface area (Å²) in [5.41, 5.74) is -2.22. The first-order chi connectivity index (χ1) is 21.2. The summed E-state index contributed by atoms with van der Waals surface area (Å²) in [6.45, 7) is 4.70. The van der Waals surface area contributed by atoms with Gasteiger partial charge in [0.05, 0.1) is 33.1 Å². The fraction of sp³-hybridized carbons (Fsp3) is 0.414. The Bertz CT molecular complexity index is 1920. The molecule has 3 aliphatic rings. The van der Waals surface area contributed by atoms with Crippen LogP contribution in [0.3, 0.4) is 0 Å². The van der Waals surface area contributed by atoms with E-state index in [9.17, 15) is 34.4 Å². The lowest BCUT2D eigenvalue weighted by atomic mass is 9.98. The van der Waals surface area contributed by atoms with Gasteiger partial charge >= 0.3 is 6.18 Å². The number of rotatable bonds is 7. The number of amidine groups is 1. The monoisotopic (exact) mass is 702 g/mol. The number of hydrogen-bond donors (Lipinski definition) is 3. The standard InChI is InChI=1S/C29H31ClF4N6O4S2/c1-27(2,3)40-46(43,44)19-12-16(11-18(31)14-19)15-35-26-37-22-8-7-21(17-5-6-20(30)23(13-17)45(4,41)42)36-24(22)25(38-26)39-28(9-10-28)29(32,33)34/h5-8,11-14,22,24,40H,9-10,15H2,1-4H3,(H2,35,37,38,39). The Balaban J connectivity index is 1.48. The first kappa shape index (κ1) is 34.0. The van der Waals surface area contributed by atoms with E-state index >= 15 is 0 Å². The molecule has 2 unspecified atom stereocenters. The smallest absolute Gasteiger partial charge is 0.347 e. The number of aliphatic imine (C=N–C) groups is 3. The van der Waals surface area contributed by atoms with Crippen LogP contribution in [0.4, 0.5) is 17.6 Å². The van der Waals surface area contributed by atoms with E-state index in [1.165, 1.54) is 18.2 Å². The molecule has 0 aromatic heterocycles. The largest absolute Gasteiger partial charge is 0.413 e. The molecule has 2 heterocycles. The highest BCUT2D eigenvalue weighted by Gasteiger charge is 2.64. The molecule has 17 heteroatoms. The molecule has 10 nitrogen and oxygen atoms in total. The highest BCUT2D eigenvalue weighted by Crippen LogP contribution is 2.52. The SMILES string of the molecule is CC(C)(C)NS(=O)(=O)c1cc(F)cc(CN=C2NC(=NC3(C(F)(F)F)CC3)C3N=C(c4ccc(Cl)c(S(C)(=O)=O)c4)C=CC3N2)c1. The summed E-state index contributed by atoms with van der Waals surface area (Å²) in [6.07, 6.45) is -0.779. The molecule has 0 amide bonds. The number of fused-ring (bicyclic) bond motifs is 1. The highest BCUT2D eigenvalue weighted by molar-refractivity contribution is 7.90. The van der Waals surface area contributed by atoms with Gasteiger partial charge in [0.1, 0.15) is 17.7 Å². The Kier molecular flexibility index (Phi) is 8.66. The van der Waals surface area contributed by atoms with Crippen LogP contribution in [0.25, 0.3) is 0 Å². The number of hydrogen-bond acceptors (Lipinski definition) is 7. The van der Waals surface area contributed by atoms with Crippen molar-refractivity contribution >= 4 is 49.0 Å². The van der Waals surface area contributed by atoms with Crippen LogP contribution in [-0.4, -0.2) is 69.9 Å². The molecule has 2 aromatic carbocycles. The fourth-order valence-electron chi connectivity index (χ4n) is 4.92. The molecule has 0 spiro atoms. The molecule has 1 aliphatic carbocycles. The molecule has 1 saturated carbocycles. The number of sulfonamides is 1. The number of halogens is 5. The zero-order valence-electron chi connectivity index (χ0n) is 25.1. The summed E-state index contributed by atoms with van der Waals surface area (Å²) in [6, 6.07) is 5.88. The number of benzene rings is 2. The van der Waals surface area contributed by atoms with Crippen molar-refractivity contribution in [2.75, 3.05) is 6.26 Å². The van der Waals surface area contributed by atoms with Gasteiger partial charge in [-0.25, -0.2) is 30.9 Å². The second kappa shape index (κ2) is 11.7. The molecule has 46 heavy (non-hydrogen) atoms. The lowest BCUT2D eigenvalue weighted by molar-refractivity contribution is -0.155. The van der Waals surface area contributed by atoms with Crippen molar-refractivity contribution in [3.05, 3.63) is 70.5 Å². The Hall–Kier alpha value is -3.34. The summed E-state index contributed by atoms with van der Waals surface area (Å²) >= 11 is 6.08. The number of alkyl halides is 3. The van der Waals surface area contributed by atoms with Crippen molar-refractivity contribution in [2.45, 2.75) is 79.3 Å². The lowest BCUT2D eigenvalue weighted by Gasteiger charge is -2.35.